The van der Waals surface area contributed by atoms with E-state index < -0.39 is 10.0 Å². The molecule has 2 N–H and O–H groups in total. The summed E-state index contributed by atoms with van der Waals surface area (Å²) in [5.74, 6) is -0.370. The Morgan fingerprint density at radius 3 is 2.55 bits per heavy atom. The molecule has 0 atom stereocenters. The van der Waals surface area contributed by atoms with Crippen LogP contribution in [-0.2, 0) is 16.4 Å². The Bertz CT molecular complexity index is 1330. The van der Waals surface area contributed by atoms with Crippen molar-refractivity contribution < 1.29 is 13.2 Å². The standard InChI is InChI=1S/C22H20N4O3S2/c1-2-5-15-10-12-18(13-11-15)31(28,29)26-17-7-3-6-16(14-17)22(27)23-19-8-4-9-20-21(19)25-30-24-20/h3-4,6-14,26H,2,5H2,1H3,(H,23,27). The van der Waals surface area contributed by atoms with E-state index in [2.05, 4.69) is 25.7 Å². The van der Waals surface area contributed by atoms with Crippen molar-refractivity contribution >= 4 is 50.1 Å². The minimum absolute atomic E-state index is 0.171. The fourth-order valence-corrected chi connectivity index (χ4v) is 4.76. The van der Waals surface area contributed by atoms with E-state index in [4.69, 9.17) is 0 Å². The van der Waals surface area contributed by atoms with Gasteiger partial charge in [-0.15, -0.1) is 0 Å². The number of amides is 1. The van der Waals surface area contributed by atoms with E-state index in [1.165, 1.54) is 6.07 Å². The van der Waals surface area contributed by atoms with Gasteiger partial charge in [-0.25, -0.2) is 8.42 Å². The molecule has 0 radical (unpaired) electrons. The summed E-state index contributed by atoms with van der Waals surface area (Å²) in [5, 5.41) is 2.82. The number of carbonyl (C=O) groups is 1. The topological polar surface area (TPSA) is 101 Å². The van der Waals surface area contributed by atoms with Crippen LogP contribution in [-0.4, -0.2) is 23.1 Å². The zero-order valence-corrected chi connectivity index (χ0v) is 18.3. The number of anilines is 2. The lowest BCUT2D eigenvalue weighted by atomic mass is 10.1. The van der Waals surface area contributed by atoms with Crippen molar-refractivity contribution in [1.82, 2.24) is 8.75 Å². The van der Waals surface area contributed by atoms with Gasteiger partial charge in [0.05, 0.1) is 22.3 Å². The molecule has 3 aromatic carbocycles. The molecular formula is C22H20N4O3S2. The summed E-state index contributed by atoms with van der Waals surface area (Å²) in [6.45, 7) is 2.07. The third-order valence-electron chi connectivity index (χ3n) is 4.68. The molecule has 1 aromatic heterocycles. The molecule has 0 aliphatic heterocycles. The molecule has 31 heavy (non-hydrogen) atoms. The predicted molar refractivity (Wildman–Crippen MR) is 123 cm³/mol. The minimum atomic E-state index is -3.77. The van der Waals surface area contributed by atoms with Crippen molar-refractivity contribution in [1.29, 1.82) is 0 Å². The van der Waals surface area contributed by atoms with Crippen LogP contribution in [0.3, 0.4) is 0 Å². The summed E-state index contributed by atoms with van der Waals surface area (Å²) in [7, 11) is -3.77. The molecule has 0 spiro atoms. The molecule has 4 rings (SSSR count). The molecule has 158 valence electrons. The number of rotatable bonds is 7. The number of sulfonamides is 1. The summed E-state index contributed by atoms with van der Waals surface area (Å²) in [4.78, 5) is 12.9. The van der Waals surface area contributed by atoms with Crippen molar-refractivity contribution in [2.45, 2.75) is 24.7 Å². The highest BCUT2D eigenvalue weighted by Crippen LogP contribution is 2.23. The summed E-state index contributed by atoms with van der Waals surface area (Å²) >= 11 is 1.07. The lowest BCUT2D eigenvalue weighted by molar-refractivity contribution is 0.102. The molecule has 0 aliphatic rings. The summed E-state index contributed by atoms with van der Waals surface area (Å²) in [5.41, 5.74) is 3.58. The van der Waals surface area contributed by atoms with Gasteiger partial charge in [-0.05, 0) is 54.4 Å². The van der Waals surface area contributed by atoms with Gasteiger partial charge in [0.1, 0.15) is 11.0 Å². The molecule has 7 nitrogen and oxygen atoms in total. The Hall–Kier alpha value is -3.30. The van der Waals surface area contributed by atoms with Crippen LogP contribution in [0.15, 0.2) is 71.6 Å². The first-order valence-electron chi connectivity index (χ1n) is 9.71. The van der Waals surface area contributed by atoms with E-state index in [-0.39, 0.29) is 10.8 Å². The average molecular weight is 453 g/mol. The Morgan fingerprint density at radius 2 is 1.77 bits per heavy atom. The quantitative estimate of drug-likeness (QED) is 0.423. The van der Waals surface area contributed by atoms with Crippen LogP contribution in [0.5, 0.6) is 0 Å². The number of aromatic nitrogens is 2. The molecule has 4 aromatic rings. The molecular weight excluding hydrogens is 432 g/mol. The van der Waals surface area contributed by atoms with Gasteiger partial charge in [-0.2, -0.15) is 8.75 Å². The maximum absolute atomic E-state index is 12.7. The Balaban J connectivity index is 1.52. The summed E-state index contributed by atoms with van der Waals surface area (Å²) in [6.07, 6.45) is 1.89. The number of nitrogens with one attached hydrogen (secondary N) is 2. The van der Waals surface area contributed by atoms with Crippen molar-refractivity contribution in [3.63, 3.8) is 0 Å². The van der Waals surface area contributed by atoms with Gasteiger partial charge < -0.3 is 5.32 Å². The first kappa shape index (κ1) is 21.0. The van der Waals surface area contributed by atoms with Crippen LogP contribution in [0.25, 0.3) is 11.0 Å². The minimum Gasteiger partial charge on any atom is -0.320 e. The number of aryl methyl sites for hydroxylation is 1. The number of carbonyl (C=O) groups excluding carboxylic acids is 1. The van der Waals surface area contributed by atoms with Crippen LogP contribution in [0.1, 0.15) is 29.3 Å². The zero-order chi connectivity index (χ0) is 21.8. The fourth-order valence-electron chi connectivity index (χ4n) is 3.16. The van der Waals surface area contributed by atoms with Crippen molar-refractivity contribution in [3.8, 4) is 0 Å². The second kappa shape index (κ2) is 8.83. The van der Waals surface area contributed by atoms with Gasteiger partial charge in [0, 0.05) is 11.3 Å². The number of fused-ring (bicyclic) bond motifs is 1. The maximum atomic E-state index is 12.7. The second-order valence-corrected chi connectivity index (χ2v) is 9.18. The van der Waals surface area contributed by atoms with Crippen molar-refractivity contribution in [3.05, 3.63) is 77.9 Å². The van der Waals surface area contributed by atoms with Crippen LogP contribution in [0.4, 0.5) is 11.4 Å². The van der Waals surface area contributed by atoms with E-state index in [9.17, 15) is 13.2 Å². The maximum Gasteiger partial charge on any atom is 0.261 e. The van der Waals surface area contributed by atoms with Crippen LogP contribution in [0.2, 0.25) is 0 Å². The van der Waals surface area contributed by atoms with Crippen molar-refractivity contribution in [2.75, 3.05) is 10.0 Å². The number of hydrogen-bond donors (Lipinski definition) is 2. The van der Waals surface area contributed by atoms with Gasteiger partial charge in [0.15, 0.2) is 0 Å². The third kappa shape index (κ3) is 4.73. The average Bonchev–Trinajstić information content (AvgIpc) is 3.24. The van der Waals surface area contributed by atoms with E-state index in [1.807, 2.05) is 18.2 Å². The molecule has 1 amide bonds. The first-order chi connectivity index (χ1) is 15.0. The van der Waals surface area contributed by atoms with E-state index in [1.54, 1.807) is 42.5 Å². The molecule has 0 unspecified atom stereocenters. The molecule has 1 heterocycles. The molecule has 0 aliphatic carbocycles. The highest BCUT2D eigenvalue weighted by atomic mass is 32.2. The third-order valence-corrected chi connectivity index (χ3v) is 6.62. The number of benzene rings is 3. The molecule has 0 saturated heterocycles. The lowest BCUT2D eigenvalue weighted by Gasteiger charge is -2.11. The van der Waals surface area contributed by atoms with Gasteiger partial charge in [-0.3, -0.25) is 9.52 Å². The fraction of sp³-hybridized carbons (Fsp3) is 0.136. The highest BCUT2D eigenvalue weighted by molar-refractivity contribution is 7.92. The Kier molecular flexibility index (Phi) is 5.97. The van der Waals surface area contributed by atoms with E-state index in [0.717, 1.165) is 30.1 Å². The zero-order valence-electron chi connectivity index (χ0n) is 16.7. The van der Waals surface area contributed by atoms with Crippen LogP contribution in [0, 0.1) is 0 Å². The van der Waals surface area contributed by atoms with Crippen LogP contribution >= 0.6 is 11.7 Å². The second-order valence-electron chi connectivity index (χ2n) is 6.97. The molecule has 0 fully saturated rings. The normalized spacial score (nSPS) is 11.4. The monoisotopic (exact) mass is 452 g/mol. The number of hydrogen-bond acceptors (Lipinski definition) is 6. The molecule has 0 bridgehead atoms. The van der Waals surface area contributed by atoms with E-state index in [0.29, 0.717) is 28.0 Å². The van der Waals surface area contributed by atoms with Gasteiger partial charge in [0.2, 0.25) is 0 Å². The molecule has 9 heteroatoms. The van der Waals surface area contributed by atoms with E-state index >= 15 is 0 Å². The summed E-state index contributed by atoms with van der Waals surface area (Å²) in [6, 6.07) is 18.5. The highest BCUT2D eigenvalue weighted by Gasteiger charge is 2.16. The SMILES string of the molecule is CCCc1ccc(S(=O)(=O)Nc2cccc(C(=O)Nc3cccc4nsnc34)c2)cc1. The van der Waals surface area contributed by atoms with Gasteiger partial charge in [-0.1, -0.05) is 37.6 Å². The first-order valence-corrected chi connectivity index (χ1v) is 11.9. The summed E-state index contributed by atoms with van der Waals surface area (Å²) < 4.78 is 36.4. The Morgan fingerprint density at radius 1 is 1.00 bits per heavy atom. The number of nitrogens with zero attached hydrogens (tertiary/aromatic N) is 2. The smallest absolute Gasteiger partial charge is 0.261 e. The van der Waals surface area contributed by atoms with Gasteiger partial charge >= 0.3 is 0 Å². The van der Waals surface area contributed by atoms with Crippen LogP contribution < -0.4 is 10.0 Å². The Labute approximate surface area is 184 Å². The molecule has 0 saturated carbocycles. The van der Waals surface area contributed by atoms with Gasteiger partial charge in [0.25, 0.3) is 15.9 Å². The predicted octanol–water partition coefficient (Wildman–Crippen LogP) is 4.70. The van der Waals surface area contributed by atoms with Crippen molar-refractivity contribution in [2.24, 2.45) is 0 Å². The largest absolute Gasteiger partial charge is 0.320 e. The lowest BCUT2D eigenvalue weighted by Crippen LogP contribution is -2.15.